The van der Waals surface area contributed by atoms with Gasteiger partial charge < -0.3 is 16.0 Å². The number of benzene rings is 1. The van der Waals surface area contributed by atoms with Gasteiger partial charge in [0.25, 0.3) is 0 Å². The van der Waals surface area contributed by atoms with Gasteiger partial charge in [0.05, 0.1) is 6.54 Å². The summed E-state index contributed by atoms with van der Waals surface area (Å²) in [5.74, 6) is 0.940. The highest BCUT2D eigenvalue weighted by Crippen LogP contribution is 2.18. The predicted octanol–water partition coefficient (Wildman–Crippen LogP) is 1.52. The Kier molecular flexibility index (Phi) is 6.14. The van der Waals surface area contributed by atoms with E-state index in [1.807, 2.05) is 18.2 Å². The van der Waals surface area contributed by atoms with E-state index in [4.69, 9.17) is 12.2 Å². The smallest absolute Gasteiger partial charge is 0.239 e. The van der Waals surface area contributed by atoms with Crippen molar-refractivity contribution in [3.8, 4) is 0 Å². The zero-order valence-electron chi connectivity index (χ0n) is 11.2. The number of carbonyl (C=O) groups excluding carboxylic acids is 1. The van der Waals surface area contributed by atoms with Crippen LogP contribution >= 0.6 is 24.0 Å². The van der Waals surface area contributed by atoms with Gasteiger partial charge >= 0.3 is 0 Å². The van der Waals surface area contributed by atoms with Crippen molar-refractivity contribution in [3.63, 3.8) is 0 Å². The van der Waals surface area contributed by atoms with Crippen LogP contribution in [0.4, 0.5) is 0 Å². The quantitative estimate of drug-likeness (QED) is 0.405. The van der Waals surface area contributed by atoms with Crippen LogP contribution in [0.3, 0.4) is 0 Å². The Labute approximate surface area is 129 Å². The van der Waals surface area contributed by atoms with Crippen LogP contribution in [0.1, 0.15) is 12.8 Å². The van der Waals surface area contributed by atoms with Gasteiger partial charge in [-0.25, -0.2) is 0 Å². The van der Waals surface area contributed by atoms with E-state index >= 15 is 0 Å². The van der Waals surface area contributed by atoms with Crippen molar-refractivity contribution in [2.45, 2.75) is 23.8 Å². The standard InChI is InChI=1S/C14H19N3OS2/c18-13(17-11-6-7-11)10-16-14(19)15-8-9-20-12-4-2-1-3-5-12/h1-5,11H,6-10H2,(H,17,18)(H2,15,16,19). The molecule has 0 bridgehead atoms. The average molecular weight is 309 g/mol. The van der Waals surface area contributed by atoms with E-state index in [2.05, 4.69) is 28.1 Å². The molecule has 1 amide bonds. The number of thioether (sulfide) groups is 1. The third-order valence-electron chi connectivity index (χ3n) is 2.75. The minimum absolute atomic E-state index is 0.00955. The van der Waals surface area contributed by atoms with Crippen LogP contribution < -0.4 is 16.0 Å². The maximum Gasteiger partial charge on any atom is 0.239 e. The highest BCUT2D eigenvalue weighted by Gasteiger charge is 2.22. The molecule has 1 saturated carbocycles. The Morgan fingerprint density at radius 2 is 2.00 bits per heavy atom. The van der Waals surface area contributed by atoms with E-state index in [0.29, 0.717) is 11.2 Å². The zero-order valence-corrected chi connectivity index (χ0v) is 12.9. The number of hydrogen-bond donors (Lipinski definition) is 3. The predicted molar refractivity (Wildman–Crippen MR) is 86.9 cm³/mol. The Morgan fingerprint density at radius 1 is 1.25 bits per heavy atom. The van der Waals surface area contributed by atoms with Crippen molar-refractivity contribution in [1.29, 1.82) is 0 Å². The molecular formula is C14H19N3OS2. The molecule has 0 aromatic heterocycles. The summed E-state index contributed by atoms with van der Waals surface area (Å²) >= 11 is 6.89. The first-order valence-corrected chi connectivity index (χ1v) is 8.12. The number of rotatable bonds is 7. The topological polar surface area (TPSA) is 53.2 Å². The molecule has 6 heteroatoms. The van der Waals surface area contributed by atoms with E-state index in [1.165, 1.54) is 4.90 Å². The molecule has 1 aromatic carbocycles. The lowest BCUT2D eigenvalue weighted by atomic mass is 10.4. The number of thiocarbonyl (C=S) groups is 1. The van der Waals surface area contributed by atoms with Gasteiger partial charge in [0.1, 0.15) is 0 Å². The third-order valence-corrected chi connectivity index (χ3v) is 4.05. The van der Waals surface area contributed by atoms with Crippen LogP contribution in [0, 0.1) is 0 Å². The second kappa shape index (κ2) is 8.11. The largest absolute Gasteiger partial charge is 0.362 e. The summed E-state index contributed by atoms with van der Waals surface area (Å²) in [6, 6.07) is 10.6. The fourth-order valence-electron chi connectivity index (χ4n) is 1.58. The monoisotopic (exact) mass is 309 g/mol. The summed E-state index contributed by atoms with van der Waals surface area (Å²) in [6.45, 7) is 1.02. The Hall–Kier alpha value is -1.27. The second-order valence-corrected chi connectivity index (χ2v) is 6.19. The SMILES string of the molecule is O=C(CNC(=S)NCCSc1ccccc1)NC1CC1. The Bertz CT molecular complexity index is 449. The molecule has 1 aromatic rings. The van der Waals surface area contributed by atoms with Gasteiger partial charge in [0.15, 0.2) is 5.11 Å². The van der Waals surface area contributed by atoms with E-state index < -0.39 is 0 Å². The third kappa shape index (κ3) is 6.25. The maximum atomic E-state index is 11.4. The molecule has 0 heterocycles. The van der Waals surface area contributed by atoms with Crippen LogP contribution in [-0.4, -0.2) is 35.9 Å². The van der Waals surface area contributed by atoms with E-state index in [0.717, 1.165) is 25.1 Å². The summed E-state index contributed by atoms with van der Waals surface area (Å²) in [5, 5.41) is 9.45. The number of carbonyl (C=O) groups is 1. The molecule has 4 nitrogen and oxygen atoms in total. The van der Waals surface area contributed by atoms with Crippen molar-refractivity contribution < 1.29 is 4.79 Å². The number of nitrogens with one attached hydrogen (secondary N) is 3. The summed E-state index contributed by atoms with van der Waals surface area (Å²) in [4.78, 5) is 12.7. The lowest BCUT2D eigenvalue weighted by Crippen LogP contribution is -2.42. The lowest BCUT2D eigenvalue weighted by Gasteiger charge is -2.10. The molecule has 0 radical (unpaired) electrons. The minimum Gasteiger partial charge on any atom is -0.362 e. The van der Waals surface area contributed by atoms with E-state index in [9.17, 15) is 4.79 Å². The number of hydrogen-bond acceptors (Lipinski definition) is 3. The molecule has 20 heavy (non-hydrogen) atoms. The first-order valence-electron chi connectivity index (χ1n) is 6.73. The van der Waals surface area contributed by atoms with Gasteiger partial charge in [0, 0.05) is 23.2 Å². The molecule has 1 fully saturated rings. The fraction of sp³-hybridized carbons (Fsp3) is 0.429. The lowest BCUT2D eigenvalue weighted by molar-refractivity contribution is -0.120. The molecule has 108 valence electrons. The average Bonchev–Trinajstić information content (AvgIpc) is 3.26. The van der Waals surface area contributed by atoms with Crippen LogP contribution in [0.2, 0.25) is 0 Å². The molecule has 1 aliphatic rings. The Morgan fingerprint density at radius 3 is 2.70 bits per heavy atom. The van der Waals surface area contributed by atoms with Gasteiger partial charge in [-0.2, -0.15) is 0 Å². The summed E-state index contributed by atoms with van der Waals surface area (Å²) in [5.41, 5.74) is 0. The first-order chi connectivity index (χ1) is 9.74. The van der Waals surface area contributed by atoms with Crippen molar-refractivity contribution in [2.75, 3.05) is 18.8 Å². The van der Waals surface area contributed by atoms with Gasteiger partial charge in [0.2, 0.25) is 5.91 Å². The van der Waals surface area contributed by atoms with Gasteiger partial charge in [-0.15, -0.1) is 11.8 Å². The highest BCUT2D eigenvalue weighted by atomic mass is 32.2. The van der Waals surface area contributed by atoms with Crippen LogP contribution in [0.15, 0.2) is 35.2 Å². The fourth-order valence-corrected chi connectivity index (χ4v) is 2.54. The normalized spacial score (nSPS) is 13.6. The molecule has 0 saturated heterocycles. The van der Waals surface area contributed by atoms with Gasteiger partial charge in [-0.1, -0.05) is 18.2 Å². The summed E-state index contributed by atoms with van der Waals surface area (Å²) in [7, 11) is 0. The maximum absolute atomic E-state index is 11.4. The molecule has 1 aliphatic carbocycles. The van der Waals surface area contributed by atoms with Crippen LogP contribution in [0.5, 0.6) is 0 Å². The van der Waals surface area contributed by atoms with Crippen molar-refractivity contribution in [3.05, 3.63) is 30.3 Å². The molecule has 3 N–H and O–H groups in total. The van der Waals surface area contributed by atoms with Gasteiger partial charge in [-0.05, 0) is 37.2 Å². The molecule has 0 spiro atoms. The van der Waals surface area contributed by atoms with Crippen molar-refractivity contribution >= 4 is 35.0 Å². The van der Waals surface area contributed by atoms with Crippen LogP contribution in [-0.2, 0) is 4.79 Å². The minimum atomic E-state index is 0.00955. The van der Waals surface area contributed by atoms with E-state index in [-0.39, 0.29) is 12.5 Å². The molecule has 0 unspecified atom stereocenters. The summed E-state index contributed by atoms with van der Waals surface area (Å²) < 4.78 is 0. The molecule has 2 rings (SSSR count). The zero-order chi connectivity index (χ0) is 14.2. The molecular weight excluding hydrogens is 290 g/mol. The molecule has 0 atom stereocenters. The van der Waals surface area contributed by atoms with E-state index in [1.54, 1.807) is 11.8 Å². The summed E-state index contributed by atoms with van der Waals surface area (Å²) in [6.07, 6.45) is 2.20. The highest BCUT2D eigenvalue weighted by molar-refractivity contribution is 7.99. The van der Waals surface area contributed by atoms with Crippen molar-refractivity contribution in [1.82, 2.24) is 16.0 Å². The molecule has 0 aliphatic heterocycles. The van der Waals surface area contributed by atoms with Gasteiger partial charge in [-0.3, -0.25) is 4.79 Å². The van der Waals surface area contributed by atoms with Crippen LogP contribution in [0.25, 0.3) is 0 Å². The second-order valence-electron chi connectivity index (χ2n) is 4.61. The Balaban J connectivity index is 1.50. The van der Waals surface area contributed by atoms with Crippen molar-refractivity contribution in [2.24, 2.45) is 0 Å². The first kappa shape index (κ1) is 15.1. The number of amides is 1.